The molecule has 1 aromatic carbocycles. The smallest absolute Gasteiger partial charge is 0.323 e. The second-order valence-corrected chi connectivity index (χ2v) is 7.64. The molecule has 27 heavy (non-hydrogen) atoms. The van der Waals surface area contributed by atoms with E-state index in [0.717, 1.165) is 28.4 Å². The van der Waals surface area contributed by atoms with Crippen LogP contribution < -0.4 is 14.8 Å². The van der Waals surface area contributed by atoms with Crippen LogP contribution in [0.1, 0.15) is 49.6 Å². The van der Waals surface area contributed by atoms with Gasteiger partial charge in [-0.05, 0) is 49.4 Å². The molecular weight excluding hydrogens is 362 g/mol. The van der Waals surface area contributed by atoms with Gasteiger partial charge in [0.2, 0.25) is 0 Å². The third-order valence-corrected chi connectivity index (χ3v) is 5.64. The molecule has 0 atom stereocenters. The highest BCUT2D eigenvalue weighted by molar-refractivity contribution is 7.10. The fourth-order valence-electron chi connectivity index (χ4n) is 3.21. The number of ether oxygens (including phenoxy) is 2. The van der Waals surface area contributed by atoms with Gasteiger partial charge in [-0.25, -0.2) is 9.78 Å². The maximum atomic E-state index is 12.8. The summed E-state index contributed by atoms with van der Waals surface area (Å²) in [5.74, 6) is 2.52. The highest BCUT2D eigenvalue weighted by Crippen LogP contribution is 2.34. The predicted molar refractivity (Wildman–Crippen MR) is 108 cm³/mol. The number of nitrogens with one attached hydrogen (secondary N) is 1. The number of fused-ring (bicyclic) bond motifs is 1. The zero-order chi connectivity index (χ0) is 19.4. The van der Waals surface area contributed by atoms with Crippen molar-refractivity contribution < 1.29 is 14.3 Å². The van der Waals surface area contributed by atoms with E-state index >= 15 is 0 Å². The Labute approximate surface area is 164 Å². The molecule has 0 fully saturated rings. The highest BCUT2D eigenvalue weighted by Gasteiger charge is 2.24. The maximum absolute atomic E-state index is 12.8. The number of carbonyl (C=O) groups is 1. The second kappa shape index (κ2) is 8.61. The minimum absolute atomic E-state index is 0.111. The molecule has 0 radical (unpaired) electrons. The molecule has 2 amide bonds. The quantitative estimate of drug-likeness (QED) is 0.781. The number of aromatic nitrogens is 1. The molecule has 1 N–H and O–H groups in total. The van der Waals surface area contributed by atoms with Crippen LogP contribution in [-0.4, -0.2) is 35.7 Å². The fraction of sp³-hybridized carbons (Fsp3) is 0.500. The van der Waals surface area contributed by atoms with Gasteiger partial charge in [0.25, 0.3) is 0 Å². The molecule has 0 saturated heterocycles. The first-order chi connectivity index (χ1) is 13.0. The molecule has 0 spiro atoms. The number of carbonyl (C=O) groups excluding carboxylic acids is 1. The second-order valence-electron chi connectivity index (χ2n) is 6.76. The fourth-order valence-corrected chi connectivity index (χ4v) is 3.97. The van der Waals surface area contributed by atoms with Crippen LogP contribution in [0.5, 0.6) is 11.5 Å². The summed E-state index contributed by atoms with van der Waals surface area (Å²) in [5.41, 5.74) is 4.09. The monoisotopic (exact) mass is 389 g/mol. The summed E-state index contributed by atoms with van der Waals surface area (Å²) < 4.78 is 11.4. The maximum Gasteiger partial charge on any atom is 0.323 e. The van der Waals surface area contributed by atoms with E-state index in [2.05, 4.69) is 30.2 Å². The van der Waals surface area contributed by atoms with E-state index in [9.17, 15) is 4.79 Å². The molecule has 0 unspecified atom stereocenters. The molecule has 2 aromatic rings. The van der Waals surface area contributed by atoms with Crippen LogP contribution in [-0.2, 0) is 13.0 Å². The number of thiazole rings is 1. The zero-order valence-electron chi connectivity index (χ0n) is 16.4. The van der Waals surface area contributed by atoms with E-state index in [1.54, 1.807) is 16.8 Å². The van der Waals surface area contributed by atoms with Crippen LogP contribution in [0.4, 0.5) is 10.6 Å². The van der Waals surface area contributed by atoms with Crippen molar-refractivity contribution >= 4 is 23.2 Å². The molecule has 0 bridgehead atoms. The van der Waals surface area contributed by atoms with Gasteiger partial charge in [0.05, 0.1) is 23.6 Å². The molecular formula is C20H27N3O3S. The van der Waals surface area contributed by atoms with E-state index in [1.807, 2.05) is 24.8 Å². The summed E-state index contributed by atoms with van der Waals surface area (Å²) in [6, 6.07) is 3.95. The lowest BCUT2D eigenvalue weighted by Crippen LogP contribution is -2.39. The van der Waals surface area contributed by atoms with Crippen molar-refractivity contribution in [2.45, 2.75) is 46.6 Å². The van der Waals surface area contributed by atoms with Gasteiger partial charge in [0.15, 0.2) is 11.5 Å². The summed E-state index contributed by atoms with van der Waals surface area (Å²) in [6.45, 7) is 10.5. The first-order valence-corrected chi connectivity index (χ1v) is 10.3. The van der Waals surface area contributed by atoms with Crippen molar-refractivity contribution in [2.75, 3.05) is 25.1 Å². The highest BCUT2D eigenvalue weighted by atomic mass is 32.1. The van der Waals surface area contributed by atoms with Crippen molar-refractivity contribution in [1.82, 2.24) is 9.88 Å². The van der Waals surface area contributed by atoms with Crippen LogP contribution in [0, 0.1) is 0 Å². The Hall–Kier alpha value is -2.28. The van der Waals surface area contributed by atoms with Crippen molar-refractivity contribution in [3.05, 3.63) is 33.6 Å². The Morgan fingerprint density at radius 2 is 1.89 bits per heavy atom. The van der Waals surface area contributed by atoms with E-state index in [1.165, 1.54) is 5.56 Å². The molecule has 6 nitrogen and oxygen atoms in total. The van der Waals surface area contributed by atoms with Crippen LogP contribution in [0.3, 0.4) is 0 Å². The Morgan fingerprint density at radius 3 is 2.52 bits per heavy atom. The number of urea groups is 1. The first kappa shape index (κ1) is 19.5. The minimum Gasteiger partial charge on any atom is -0.490 e. The van der Waals surface area contributed by atoms with Gasteiger partial charge in [0.1, 0.15) is 5.82 Å². The van der Waals surface area contributed by atoms with Crippen molar-refractivity contribution in [2.24, 2.45) is 0 Å². The van der Waals surface area contributed by atoms with Crippen LogP contribution in [0.25, 0.3) is 0 Å². The van der Waals surface area contributed by atoms with Crippen molar-refractivity contribution in [1.29, 1.82) is 0 Å². The number of hydrogen-bond acceptors (Lipinski definition) is 5. The van der Waals surface area contributed by atoms with Gasteiger partial charge in [-0.1, -0.05) is 13.8 Å². The number of hydrogen-bond donors (Lipinski definition) is 1. The van der Waals surface area contributed by atoms with Gasteiger partial charge in [-0.3, -0.25) is 5.32 Å². The Balaban J connectivity index is 1.76. The SMILES string of the molecule is CCOc1cc2c(cc1OCC)CN(C(=O)Nc1ncsc1C(C)C)CC2. The van der Waals surface area contributed by atoms with Gasteiger partial charge in [-0.2, -0.15) is 0 Å². The van der Waals surface area contributed by atoms with E-state index in [0.29, 0.717) is 38.0 Å². The third kappa shape index (κ3) is 4.35. The average molecular weight is 390 g/mol. The van der Waals surface area contributed by atoms with Gasteiger partial charge < -0.3 is 14.4 Å². The number of benzene rings is 1. The van der Waals surface area contributed by atoms with E-state index in [-0.39, 0.29) is 6.03 Å². The number of nitrogens with zero attached hydrogens (tertiary/aromatic N) is 2. The lowest BCUT2D eigenvalue weighted by Gasteiger charge is -2.29. The summed E-state index contributed by atoms with van der Waals surface area (Å²) in [5, 5.41) is 2.97. The molecule has 7 heteroatoms. The van der Waals surface area contributed by atoms with Crippen molar-refractivity contribution in [3.63, 3.8) is 0 Å². The average Bonchev–Trinajstić information content (AvgIpc) is 3.10. The molecule has 1 aromatic heterocycles. The Bertz CT molecular complexity index is 804. The van der Waals surface area contributed by atoms with Crippen LogP contribution in [0.2, 0.25) is 0 Å². The summed E-state index contributed by atoms with van der Waals surface area (Å²) >= 11 is 1.57. The number of anilines is 1. The lowest BCUT2D eigenvalue weighted by atomic mass is 9.99. The van der Waals surface area contributed by atoms with Crippen LogP contribution >= 0.6 is 11.3 Å². The minimum atomic E-state index is -0.111. The normalized spacial score (nSPS) is 13.4. The van der Waals surface area contributed by atoms with Gasteiger partial charge in [-0.15, -0.1) is 11.3 Å². The molecule has 146 valence electrons. The molecule has 0 aliphatic carbocycles. The number of amides is 2. The largest absolute Gasteiger partial charge is 0.490 e. The van der Waals surface area contributed by atoms with Gasteiger partial charge >= 0.3 is 6.03 Å². The van der Waals surface area contributed by atoms with E-state index < -0.39 is 0 Å². The standard InChI is InChI=1S/C20H27N3O3S/c1-5-25-16-9-14-7-8-23(11-15(14)10-17(16)26-6-2)20(24)22-19-18(13(3)4)27-12-21-19/h9-10,12-13H,5-8,11H2,1-4H3,(H,22,24). The molecule has 2 heterocycles. The summed E-state index contributed by atoms with van der Waals surface area (Å²) in [4.78, 5) is 20.0. The van der Waals surface area contributed by atoms with Crippen LogP contribution in [0.15, 0.2) is 17.6 Å². The Kier molecular flexibility index (Phi) is 6.21. The Morgan fingerprint density at radius 1 is 1.22 bits per heavy atom. The lowest BCUT2D eigenvalue weighted by molar-refractivity contribution is 0.206. The zero-order valence-corrected chi connectivity index (χ0v) is 17.2. The molecule has 1 aliphatic rings. The topological polar surface area (TPSA) is 63.7 Å². The predicted octanol–water partition coefficient (Wildman–Crippen LogP) is 4.65. The summed E-state index contributed by atoms with van der Waals surface area (Å²) in [6.07, 6.45) is 0.795. The van der Waals surface area contributed by atoms with Gasteiger partial charge in [0, 0.05) is 13.1 Å². The van der Waals surface area contributed by atoms with E-state index in [4.69, 9.17) is 9.47 Å². The first-order valence-electron chi connectivity index (χ1n) is 9.44. The summed E-state index contributed by atoms with van der Waals surface area (Å²) in [7, 11) is 0. The third-order valence-electron chi connectivity index (χ3n) is 4.51. The molecule has 0 saturated carbocycles. The van der Waals surface area contributed by atoms with Crippen molar-refractivity contribution in [3.8, 4) is 11.5 Å². The molecule has 3 rings (SSSR count). The molecule has 1 aliphatic heterocycles. The number of rotatable bonds is 6.